The maximum Gasteiger partial charge on any atom is 0.220 e. The van der Waals surface area contributed by atoms with Gasteiger partial charge in [0.2, 0.25) is 5.91 Å². The molecule has 0 spiro atoms. The highest BCUT2D eigenvalue weighted by atomic mass is 16.7. The Morgan fingerprint density at radius 2 is 0.790 bits per heavy atom. The van der Waals surface area contributed by atoms with Crippen LogP contribution in [0.4, 0.5) is 0 Å². The molecule has 12 unspecified atom stereocenters. The Hall–Kier alpha value is -1.53. The maximum absolute atomic E-state index is 13.2. The fourth-order valence-corrected chi connectivity index (χ4v) is 11.4. The van der Waals surface area contributed by atoms with Crippen LogP contribution in [0.2, 0.25) is 0 Å². The van der Waals surface area contributed by atoms with E-state index in [1.807, 2.05) is 6.08 Å². The highest BCUT2D eigenvalue weighted by Gasteiger charge is 2.51. The van der Waals surface area contributed by atoms with Crippen LogP contribution in [0.15, 0.2) is 24.3 Å². The minimum absolute atomic E-state index is 0.249. The Kier molecular flexibility index (Phi) is 49.2. The molecule has 0 aromatic heterocycles. The van der Waals surface area contributed by atoms with E-state index in [0.717, 1.165) is 38.5 Å². The van der Waals surface area contributed by atoms with Crippen molar-refractivity contribution in [2.24, 2.45) is 0 Å². The smallest absolute Gasteiger partial charge is 0.220 e. The molecule has 0 aromatic carbocycles. The van der Waals surface area contributed by atoms with E-state index in [0.29, 0.717) is 12.8 Å². The van der Waals surface area contributed by atoms with Crippen LogP contribution in [-0.2, 0) is 23.7 Å². The van der Waals surface area contributed by atoms with Gasteiger partial charge in [-0.25, -0.2) is 0 Å². The second-order valence-corrected chi connectivity index (χ2v) is 24.3. The number of unbranched alkanes of at least 4 members (excludes halogenated alkanes) is 41. The molecule has 2 aliphatic heterocycles. The summed E-state index contributed by atoms with van der Waals surface area (Å²) in [6.45, 7) is 2.68. The highest BCUT2D eigenvalue weighted by Crippen LogP contribution is 2.30. The molecular weight excluding hydrogens is 1030 g/mol. The lowest BCUT2D eigenvalue weighted by Gasteiger charge is -2.46. The molecule has 2 fully saturated rings. The van der Waals surface area contributed by atoms with Crippen LogP contribution in [0.1, 0.15) is 303 Å². The van der Waals surface area contributed by atoms with E-state index in [4.69, 9.17) is 18.9 Å². The Labute approximate surface area is 494 Å². The summed E-state index contributed by atoms with van der Waals surface area (Å²) in [5.41, 5.74) is 0. The van der Waals surface area contributed by atoms with Crippen LogP contribution in [0.5, 0.6) is 0 Å². The van der Waals surface area contributed by atoms with Gasteiger partial charge in [0.05, 0.1) is 32.0 Å². The van der Waals surface area contributed by atoms with Gasteiger partial charge < -0.3 is 65.1 Å². The third-order valence-corrected chi connectivity index (χ3v) is 16.9. The van der Waals surface area contributed by atoms with Gasteiger partial charge in [0.1, 0.15) is 48.8 Å². The number of allylic oxidation sites excluding steroid dienone is 3. The van der Waals surface area contributed by atoms with Gasteiger partial charge in [-0.3, -0.25) is 4.79 Å². The third kappa shape index (κ3) is 37.6. The molecule has 14 heteroatoms. The first-order chi connectivity index (χ1) is 39.6. The fourth-order valence-electron chi connectivity index (χ4n) is 11.4. The monoisotopic (exact) mass is 1150 g/mol. The molecule has 478 valence electrons. The van der Waals surface area contributed by atoms with Crippen LogP contribution >= 0.6 is 0 Å². The second kappa shape index (κ2) is 52.8. The molecule has 2 heterocycles. The summed E-state index contributed by atoms with van der Waals surface area (Å²) in [5, 5.41) is 86.7. The Morgan fingerprint density at radius 1 is 0.432 bits per heavy atom. The SMILES string of the molecule is CCC/C=C/CC/C=C/C(O)C(COC1OC(CO)C(OC2OC(CO)C(O)C(O)C2O)C(O)C1O)NC(=O)CCCCCCCCCCCCCCCCCCCCCCCCCCCCCCCCCCCCCCCCCC. The summed E-state index contributed by atoms with van der Waals surface area (Å²) in [5.74, 6) is -0.249. The first kappa shape index (κ1) is 75.6. The number of amides is 1. The summed E-state index contributed by atoms with van der Waals surface area (Å²) in [6.07, 6.45) is 49.2. The van der Waals surface area contributed by atoms with Crippen molar-refractivity contribution in [3.05, 3.63) is 24.3 Å². The van der Waals surface area contributed by atoms with E-state index in [2.05, 4.69) is 31.3 Å². The van der Waals surface area contributed by atoms with Gasteiger partial charge in [0.15, 0.2) is 12.6 Å². The standard InChI is InChI=1S/C67H127NO13/c1-3-5-7-9-11-12-13-14-15-16-17-18-19-20-21-22-23-24-25-26-27-28-29-30-31-32-33-34-35-36-37-38-39-40-41-42-43-45-47-49-51-59(72)68-55(56(71)50-48-46-44-10-8-6-4-2)54-78-66-64(77)62(75)65(58(53-70)80-66)81-67-63(76)61(74)60(73)57(52-69)79-67/h8,10,48,50,55-58,60-67,69-71,73-77H,3-7,9,11-47,49,51-54H2,1-2H3,(H,68,72)/b10-8+,50-48+. The minimum atomic E-state index is -1.79. The number of rotatable bonds is 56. The van der Waals surface area contributed by atoms with Gasteiger partial charge in [0.25, 0.3) is 0 Å². The Bertz CT molecular complexity index is 1450. The first-order valence-corrected chi connectivity index (χ1v) is 34.1. The molecule has 2 aliphatic rings. The molecule has 0 aliphatic carbocycles. The van der Waals surface area contributed by atoms with Gasteiger partial charge >= 0.3 is 0 Å². The number of nitrogens with one attached hydrogen (secondary N) is 1. The van der Waals surface area contributed by atoms with Gasteiger partial charge in [-0.1, -0.05) is 295 Å². The van der Waals surface area contributed by atoms with E-state index in [9.17, 15) is 45.6 Å². The van der Waals surface area contributed by atoms with Crippen molar-refractivity contribution in [2.45, 2.75) is 376 Å². The van der Waals surface area contributed by atoms with E-state index in [1.54, 1.807) is 6.08 Å². The molecule has 2 saturated heterocycles. The lowest BCUT2D eigenvalue weighted by atomic mass is 9.97. The predicted octanol–water partition coefficient (Wildman–Crippen LogP) is 13.2. The van der Waals surface area contributed by atoms with E-state index >= 15 is 0 Å². The summed E-state index contributed by atoms with van der Waals surface area (Å²) < 4.78 is 22.7. The largest absolute Gasteiger partial charge is 0.394 e. The van der Waals surface area contributed by atoms with Crippen LogP contribution in [-0.4, -0.2) is 140 Å². The topological polar surface area (TPSA) is 228 Å². The van der Waals surface area contributed by atoms with Gasteiger partial charge in [-0.05, 0) is 25.7 Å². The van der Waals surface area contributed by atoms with Crippen LogP contribution in [0.3, 0.4) is 0 Å². The van der Waals surface area contributed by atoms with Gasteiger partial charge in [0, 0.05) is 6.42 Å². The van der Waals surface area contributed by atoms with Crippen LogP contribution in [0, 0.1) is 0 Å². The summed E-state index contributed by atoms with van der Waals surface area (Å²) in [7, 11) is 0. The molecule has 0 saturated carbocycles. The molecule has 14 nitrogen and oxygen atoms in total. The predicted molar refractivity (Wildman–Crippen MR) is 328 cm³/mol. The van der Waals surface area contributed by atoms with Crippen molar-refractivity contribution in [1.82, 2.24) is 5.32 Å². The number of aliphatic hydroxyl groups excluding tert-OH is 8. The van der Waals surface area contributed by atoms with Crippen molar-refractivity contribution in [1.29, 1.82) is 0 Å². The number of ether oxygens (including phenoxy) is 4. The summed E-state index contributed by atoms with van der Waals surface area (Å²) in [6, 6.07) is -0.925. The second-order valence-electron chi connectivity index (χ2n) is 24.3. The number of aliphatic hydroxyl groups is 8. The maximum atomic E-state index is 13.2. The normalized spacial score (nSPS) is 24.2. The minimum Gasteiger partial charge on any atom is -0.394 e. The van der Waals surface area contributed by atoms with Crippen molar-refractivity contribution in [3.63, 3.8) is 0 Å². The highest BCUT2D eigenvalue weighted by molar-refractivity contribution is 5.76. The molecule has 0 bridgehead atoms. The van der Waals surface area contributed by atoms with Crippen molar-refractivity contribution < 1.29 is 64.6 Å². The number of hydrogen-bond acceptors (Lipinski definition) is 13. The molecule has 81 heavy (non-hydrogen) atoms. The van der Waals surface area contributed by atoms with Crippen LogP contribution < -0.4 is 5.32 Å². The first-order valence-electron chi connectivity index (χ1n) is 34.1. The summed E-state index contributed by atoms with van der Waals surface area (Å²) >= 11 is 0. The number of carbonyl (C=O) groups is 1. The summed E-state index contributed by atoms with van der Waals surface area (Å²) in [4.78, 5) is 13.2. The average molecular weight is 1150 g/mol. The number of carbonyl (C=O) groups excluding carboxylic acids is 1. The van der Waals surface area contributed by atoms with E-state index in [-0.39, 0.29) is 18.9 Å². The third-order valence-electron chi connectivity index (χ3n) is 16.9. The Morgan fingerprint density at radius 3 is 1.19 bits per heavy atom. The molecule has 9 N–H and O–H groups in total. The van der Waals surface area contributed by atoms with Crippen molar-refractivity contribution >= 4 is 5.91 Å². The van der Waals surface area contributed by atoms with E-state index < -0.39 is 86.8 Å². The van der Waals surface area contributed by atoms with Crippen molar-refractivity contribution in [2.75, 3.05) is 19.8 Å². The van der Waals surface area contributed by atoms with Crippen molar-refractivity contribution in [3.8, 4) is 0 Å². The molecule has 0 aromatic rings. The molecule has 0 radical (unpaired) electrons. The zero-order valence-electron chi connectivity index (χ0n) is 51.8. The molecule has 12 atom stereocenters. The molecular formula is C67H127NO13. The van der Waals surface area contributed by atoms with Gasteiger partial charge in [-0.2, -0.15) is 0 Å². The van der Waals surface area contributed by atoms with E-state index in [1.165, 1.54) is 231 Å². The zero-order valence-corrected chi connectivity index (χ0v) is 51.8. The zero-order chi connectivity index (χ0) is 58.8. The number of hydrogen-bond donors (Lipinski definition) is 9. The van der Waals surface area contributed by atoms with Gasteiger partial charge in [-0.15, -0.1) is 0 Å². The average Bonchev–Trinajstić information content (AvgIpc) is 3.56. The lowest BCUT2D eigenvalue weighted by molar-refractivity contribution is -0.359. The van der Waals surface area contributed by atoms with Crippen LogP contribution in [0.25, 0.3) is 0 Å². The fraction of sp³-hybridized carbons (Fsp3) is 0.925. The Balaban J connectivity index is 1.46. The lowest BCUT2D eigenvalue weighted by Crippen LogP contribution is -2.65. The molecule has 2 rings (SSSR count). The quantitative estimate of drug-likeness (QED) is 0.0204. The molecule has 1 amide bonds.